The second-order valence-electron chi connectivity index (χ2n) is 2.82. The first-order valence-corrected chi connectivity index (χ1v) is 5.05. The van der Waals surface area contributed by atoms with Crippen LogP contribution in [-0.4, -0.2) is 16.0 Å². The fourth-order valence-electron chi connectivity index (χ4n) is 0.981. The minimum Gasteiger partial charge on any atom is -0.373 e. The van der Waals surface area contributed by atoms with Gasteiger partial charge in [0.05, 0.1) is 5.88 Å². The van der Waals surface area contributed by atoms with Gasteiger partial charge in [0.1, 0.15) is 0 Å². The zero-order valence-corrected chi connectivity index (χ0v) is 9.07. The minimum atomic E-state index is -1.41. The van der Waals surface area contributed by atoms with Gasteiger partial charge < -0.3 is 5.11 Å². The largest absolute Gasteiger partial charge is 0.373 e. The summed E-state index contributed by atoms with van der Waals surface area (Å²) in [5.41, 5.74) is 0.794. The van der Waals surface area contributed by atoms with Crippen LogP contribution in [0.5, 0.6) is 0 Å². The molecule has 72 valence electrons. The van der Waals surface area contributed by atoms with Gasteiger partial charge in [-0.15, -0.1) is 11.6 Å². The van der Waals surface area contributed by atoms with Crippen molar-refractivity contribution in [2.45, 2.75) is 11.5 Å². The summed E-state index contributed by atoms with van der Waals surface area (Å²) in [6.45, 7) is 0. The number of hydrogen-bond donors (Lipinski definition) is 1. The lowest BCUT2D eigenvalue weighted by molar-refractivity contribution is 0.153. The van der Waals surface area contributed by atoms with E-state index in [0.29, 0.717) is 5.02 Å². The number of rotatable bonds is 3. The van der Waals surface area contributed by atoms with Gasteiger partial charge in [0.25, 0.3) is 0 Å². The molecule has 0 aliphatic rings. The van der Waals surface area contributed by atoms with Crippen molar-refractivity contribution in [3.8, 4) is 0 Å². The van der Waals surface area contributed by atoms with Gasteiger partial charge in [-0.1, -0.05) is 41.4 Å². The van der Waals surface area contributed by atoms with E-state index < -0.39 is 5.06 Å². The quantitative estimate of drug-likeness (QED) is 0.804. The first-order valence-electron chi connectivity index (χ1n) is 3.76. The van der Waals surface area contributed by atoms with Crippen LogP contribution in [0, 0.1) is 0 Å². The highest BCUT2D eigenvalue weighted by molar-refractivity contribution is 6.32. The Morgan fingerprint density at radius 1 is 1.31 bits per heavy atom. The van der Waals surface area contributed by atoms with Crippen LogP contribution >= 0.6 is 34.8 Å². The third kappa shape index (κ3) is 3.35. The number of hydrogen-bond acceptors (Lipinski definition) is 1. The number of benzene rings is 1. The van der Waals surface area contributed by atoms with E-state index in [1.54, 1.807) is 6.07 Å². The highest BCUT2D eigenvalue weighted by Gasteiger charge is 2.23. The topological polar surface area (TPSA) is 20.2 Å². The first kappa shape index (κ1) is 11.1. The van der Waals surface area contributed by atoms with Crippen LogP contribution < -0.4 is 0 Å². The smallest absolute Gasteiger partial charge is 0.156 e. The van der Waals surface area contributed by atoms with Gasteiger partial charge in [0.15, 0.2) is 5.06 Å². The van der Waals surface area contributed by atoms with Crippen molar-refractivity contribution in [2.24, 2.45) is 0 Å². The molecule has 1 atom stereocenters. The van der Waals surface area contributed by atoms with E-state index in [-0.39, 0.29) is 12.3 Å². The molecule has 13 heavy (non-hydrogen) atoms. The van der Waals surface area contributed by atoms with E-state index >= 15 is 0 Å². The maximum atomic E-state index is 9.48. The Hall–Kier alpha value is 0.0500. The summed E-state index contributed by atoms with van der Waals surface area (Å²) >= 11 is 17.0. The second kappa shape index (κ2) is 4.52. The zero-order chi connectivity index (χ0) is 9.90. The number of alkyl halides is 2. The molecule has 1 N–H and O–H groups in total. The third-order valence-electron chi connectivity index (χ3n) is 1.62. The van der Waals surface area contributed by atoms with Crippen LogP contribution in [0.2, 0.25) is 5.02 Å². The third-order valence-corrected chi connectivity index (χ3v) is 2.84. The van der Waals surface area contributed by atoms with Gasteiger partial charge >= 0.3 is 0 Å². The molecule has 0 aromatic heterocycles. The van der Waals surface area contributed by atoms with Gasteiger partial charge in [-0.25, -0.2) is 0 Å². The molecule has 1 unspecified atom stereocenters. The summed E-state index contributed by atoms with van der Waals surface area (Å²) < 4.78 is 0. The van der Waals surface area contributed by atoms with Crippen molar-refractivity contribution in [1.82, 2.24) is 0 Å². The van der Waals surface area contributed by atoms with Gasteiger partial charge in [-0.3, -0.25) is 0 Å². The van der Waals surface area contributed by atoms with E-state index in [0.717, 1.165) is 5.56 Å². The van der Waals surface area contributed by atoms with Crippen molar-refractivity contribution in [3.05, 3.63) is 34.9 Å². The molecule has 0 aliphatic carbocycles. The second-order valence-corrected chi connectivity index (χ2v) is 4.20. The SMILES string of the molecule is OC(Cl)(CCl)Cc1ccccc1Cl. The summed E-state index contributed by atoms with van der Waals surface area (Å²) in [6.07, 6.45) is 0.248. The fraction of sp³-hybridized carbons (Fsp3) is 0.333. The molecule has 0 heterocycles. The van der Waals surface area contributed by atoms with Gasteiger partial charge in [-0.05, 0) is 11.6 Å². The maximum Gasteiger partial charge on any atom is 0.156 e. The summed E-state index contributed by atoms with van der Waals surface area (Å²) in [4.78, 5) is 0. The normalized spacial score (nSPS) is 15.4. The van der Waals surface area contributed by atoms with Crippen LogP contribution in [-0.2, 0) is 6.42 Å². The van der Waals surface area contributed by atoms with Gasteiger partial charge in [0.2, 0.25) is 0 Å². The standard InChI is InChI=1S/C9H9Cl3O/c10-6-9(12,13)5-7-3-1-2-4-8(7)11/h1-4,13H,5-6H2. The van der Waals surface area contributed by atoms with Crippen LogP contribution in [0.15, 0.2) is 24.3 Å². The molecular weight excluding hydrogens is 230 g/mol. The summed E-state index contributed by atoms with van der Waals surface area (Å²) in [5.74, 6) is -0.0280. The molecule has 0 spiro atoms. The molecule has 0 amide bonds. The Labute approximate surface area is 92.2 Å². The number of aliphatic hydroxyl groups is 1. The Kier molecular flexibility index (Phi) is 3.87. The van der Waals surface area contributed by atoms with Crippen LogP contribution in [0.1, 0.15) is 5.56 Å². The van der Waals surface area contributed by atoms with Crippen LogP contribution in [0.3, 0.4) is 0 Å². The Morgan fingerprint density at radius 3 is 2.46 bits per heavy atom. The lowest BCUT2D eigenvalue weighted by Gasteiger charge is -2.17. The highest BCUT2D eigenvalue weighted by atomic mass is 35.5. The Balaban J connectivity index is 2.80. The monoisotopic (exact) mass is 238 g/mol. The van der Waals surface area contributed by atoms with Crippen molar-refractivity contribution in [2.75, 3.05) is 5.88 Å². The van der Waals surface area contributed by atoms with Crippen molar-refractivity contribution in [1.29, 1.82) is 0 Å². The van der Waals surface area contributed by atoms with E-state index in [2.05, 4.69) is 0 Å². The molecule has 0 radical (unpaired) electrons. The molecule has 0 saturated heterocycles. The Morgan fingerprint density at radius 2 is 1.92 bits per heavy atom. The first-order chi connectivity index (χ1) is 6.05. The Bertz CT molecular complexity index is 286. The summed E-state index contributed by atoms with van der Waals surface area (Å²) in [6, 6.07) is 7.21. The van der Waals surface area contributed by atoms with Gasteiger partial charge in [0, 0.05) is 11.4 Å². The predicted octanol–water partition coefficient (Wildman–Crippen LogP) is 3.05. The van der Waals surface area contributed by atoms with E-state index in [4.69, 9.17) is 34.8 Å². The molecular formula is C9H9Cl3O. The molecule has 1 rings (SSSR count). The van der Waals surface area contributed by atoms with E-state index in [1.165, 1.54) is 0 Å². The number of halogens is 3. The lowest BCUT2D eigenvalue weighted by atomic mass is 10.1. The predicted molar refractivity (Wildman–Crippen MR) is 56.7 cm³/mol. The summed E-state index contributed by atoms with van der Waals surface area (Å²) in [7, 11) is 0. The fourth-order valence-corrected chi connectivity index (χ4v) is 1.42. The molecule has 1 nitrogen and oxygen atoms in total. The molecule has 1 aromatic carbocycles. The minimum absolute atomic E-state index is 0.0280. The molecule has 1 aromatic rings. The summed E-state index contributed by atoms with van der Waals surface area (Å²) in [5, 5.41) is 8.66. The zero-order valence-electron chi connectivity index (χ0n) is 6.80. The molecule has 4 heteroatoms. The van der Waals surface area contributed by atoms with E-state index in [9.17, 15) is 5.11 Å². The molecule has 0 aliphatic heterocycles. The van der Waals surface area contributed by atoms with Crippen LogP contribution in [0.25, 0.3) is 0 Å². The van der Waals surface area contributed by atoms with Gasteiger partial charge in [-0.2, -0.15) is 0 Å². The average molecular weight is 240 g/mol. The lowest BCUT2D eigenvalue weighted by Crippen LogP contribution is -2.25. The van der Waals surface area contributed by atoms with Crippen molar-refractivity contribution >= 4 is 34.8 Å². The van der Waals surface area contributed by atoms with Crippen molar-refractivity contribution in [3.63, 3.8) is 0 Å². The molecule has 0 fully saturated rings. The maximum absolute atomic E-state index is 9.48. The molecule has 0 bridgehead atoms. The highest BCUT2D eigenvalue weighted by Crippen LogP contribution is 2.24. The average Bonchev–Trinajstić information content (AvgIpc) is 2.09. The van der Waals surface area contributed by atoms with E-state index in [1.807, 2.05) is 18.2 Å². The molecule has 0 saturated carbocycles. The van der Waals surface area contributed by atoms with Crippen LogP contribution in [0.4, 0.5) is 0 Å². The van der Waals surface area contributed by atoms with Crippen molar-refractivity contribution < 1.29 is 5.11 Å².